The maximum atomic E-state index is 12.7. The first kappa shape index (κ1) is 14.2. The molecule has 0 saturated heterocycles. The number of hydrogen-bond donors (Lipinski definition) is 0. The molecule has 5 heteroatoms. The Hall–Kier alpha value is -1.23. The van der Waals surface area contributed by atoms with Gasteiger partial charge in [0, 0.05) is 17.9 Å². The molecule has 1 saturated carbocycles. The van der Waals surface area contributed by atoms with Crippen LogP contribution in [0.1, 0.15) is 23.2 Å². The zero-order valence-electron chi connectivity index (χ0n) is 11.2. The Kier molecular flexibility index (Phi) is 4.69. The van der Waals surface area contributed by atoms with E-state index in [1.165, 1.54) is 0 Å². The lowest BCUT2D eigenvalue weighted by molar-refractivity contribution is 0.0747. The third kappa shape index (κ3) is 3.03. The van der Waals surface area contributed by atoms with E-state index >= 15 is 0 Å². The van der Waals surface area contributed by atoms with Crippen molar-refractivity contribution in [2.75, 3.05) is 26.1 Å². The average Bonchev–Trinajstić information content (AvgIpc) is 3.27. The van der Waals surface area contributed by atoms with Crippen LogP contribution >= 0.6 is 15.9 Å². The zero-order valence-corrected chi connectivity index (χ0v) is 12.8. The zero-order chi connectivity index (χ0) is 13.8. The molecule has 1 aliphatic rings. The van der Waals surface area contributed by atoms with Crippen LogP contribution in [0.25, 0.3) is 0 Å². The first-order valence-electron chi connectivity index (χ1n) is 6.30. The van der Waals surface area contributed by atoms with Gasteiger partial charge < -0.3 is 14.4 Å². The number of carbonyl (C=O) groups excluding carboxylic acids is 1. The van der Waals surface area contributed by atoms with Crippen LogP contribution in [-0.4, -0.2) is 42.9 Å². The van der Waals surface area contributed by atoms with Crippen LogP contribution < -0.4 is 9.47 Å². The molecular formula is C14H18BrNO3. The lowest BCUT2D eigenvalue weighted by Gasteiger charge is -2.23. The predicted molar refractivity (Wildman–Crippen MR) is 77.4 cm³/mol. The van der Waals surface area contributed by atoms with Crippen LogP contribution in [0.15, 0.2) is 18.2 Å². The van der Waals surface area contributed by atoms with Crippen LogP contribution in [0.5, 0.6) is 11.5 Å². The fraction of sp³-hybridized carbons (Fsp3) is 0.500. The van der Waals surface area contributed by atoms with Crippen molar-refractivity contribution in [3.05, 3.63) is 23.8 Å². The summed E-state index contributed by atoms with van der Waals surface area (Å²) in [5.41, 5.74) is 0.514. The Labute approximate surface area is 121 Å². The van der Waals surface area contributed by atoms with Crippen LogP contribution in [0.2, 0.25) is 0 Å². The molecular weight excluding hydrogens is 310 g/mol. The Morgan fingerprint density at radius 2 is 1.89 bits per heavy atom. The number of amides is 1. The van der Waals surface area contributed by atoms with E-state index in [4.69, 9.17) is 9.47 Å². The van der Waals surface area contributed by atoms with Crippen molar-refractivity contribution < 1.29 is 14.3 Å². The molecule has 2 rings (SSSR count). The highest BCUT2D eigenvalue weighted by atomic mass is 79.9. The normalized spacial score (nSPS) is 14.1. The average molecular weight is 328 g/mol. The number of ether oxygens (including phenoxy) is 2. The summed E-state index contributed by atoms with van der Waals surface area (Å²) in [5, 5.41) is 0.771. The monoisotopic (exact) mass is 327 g/mol. The third-order valence-corrected chi connectivity index (χ3v) is 3.57. The van der Waals surface area contributed by atoms with E-state index in [1.54, 1.807) is 26.4 Å². The predicted octanol–water partition coefficient (Wildman–Crippen LogP) is 2.70. The van der Waals surface area contributed by atoms with Gasteiger partial charge in [0.25, 0.3) is 5.91 Å². The number of rotatable bonds is 6. The topological polar surface area (TPSA) is 38.8 Å². The van der Waals surface area contributed by atoms with Crippen LogP contribution in [0.4, 0.5) is 0 Å². The smallest absolute Gasteiger partial charge is 0.261 e. The number of alkyl halides is 1. The fourth-order valence-corrected chi connectivity index (χ4v) is 2.51. The molecule has 4 nitrogen and oxygen atoms in total. The van der Waals surface area contributed by atoms with Crippen molar-refractivity contribution in [2.45, 2.75) is 18.9 Å². The second kappa shape index (κ2) is 6.28. The van der Waals surface area contributed by atoms with Gasteiger partial charge in [-0.1, -0.05) is 22.0 Å². The van der Waals surface area contributed by atoms with E-state index < -0.39 is 0 Å². The number of nitrogens with zero attached hydrogens (tertiary/aromatic N) is 1. The first-order chi connectivity index (χ1) is 9.22. The van der Waals surface area contributed by atoms with Gasteiger partial charge in [-0.15, -0.1) is 0 Å². The summed E-state index contributed by atoms with van der Waals surface area (Å²) in [6.45, 7) is 0.699. The summed E-state index contributed by atoms with van der Waals surface area (Å²) >= 11 is 3.40. The SMILES string of the molecule is COc1cccc(OC)c1C(=O)N(CCBr)C1CC1. The van der Waals surface area contributed by atoms with Crippen molar-refractivity contribution in [3.63, 3.8) is 0 Å². The molecule has 1 fully saturated rings. The van der Waals surface area contributed by atoms with Crippen LogP contribution in [0.3, 0.4) is 0 Å². The summed E-state index contributed by atoms with van der Waals surface area (Å²) in [5.74, 6) is 1.10. The highest BCUT2D eigenvalue weighted by Crippen LogP contribution is 2.34. The van der Waals surface area contributed by atoms with E-state index in [0.29, 0.717) is 29.6 Å². The molecule has 1 amide bonds. The molecule has 0 N–H and O–H groups in total. The van der Waals surface area contributed by atoms with Gasteiger partial charge in [0.2, 0.25) is 0 Å². The van der Waals surface area contributed by atoms with Crippen molar-refractivity contribution in [1.82, 2.24) is 4.90 Å². The van der Waals surface area contributed by atoms with E-state index in [1.807, 2.05) is 11.0 Å². The Morgan fingerprint density at radius 3 is 2.32 bits per heavy atom. The number of hydrogen-bond acceptors (Lipinski definition) is 3. The number of carbonyl (C=O) groups is 1. The largest absolute Gasteiger partial charge is 0.496 e. The molecule has 104 valence electrons. The lowest BCUT2D eigenvalue weighted by atomic mass is 10.1. The summed E-state index contributed by atoms with van der Waals surface area (Å²) in [6.07, 6.45) is 2.16. The minimum absolute atomic E-state index is 0.0174. The molecule has 0 atom stereocenters. The van der Waals surface area contributed by atoms with Crippen molar-refractivity contribution in [2.24, 2.45) is 0 Å². The van der Waals surface area contributed by atoms with E-state index in [2.05, 4.69) is 15.9 Å². The summed E-state index contributed by atoms with van der Waals surface area (Å²) in [7, 11) is 3.13. The molecule has 1 aromatic rings. The van der Waals surface area contributed by atoms with Gasteiger partial charge >= 0.3 is 0 Å². The fourth-order valence-electron chi connectivity index (χ4n) is 2.13. The quantitative estimate of drug-likeness (QED) is 0.754. The van der Waals surface area contributed by atoms with Gasteiger partial charge in [-0.25, -0.2) is 0 Å². The molecule has 19 heavy (non-hydrogen) atoms. The van der Waals surface area contributed by atoms with Gasteiger partial charge in [0.05, 0.1) is 14.2 Å². The molecule has 0 radical (unpaired) electrons. The Morgan fingerprint density at radius 1 is 1.32 bits per heavy atom. The highest BCUT2D eigenvalue weighted by molar-refractivity contribution is 9.09. The molecule has 0 spiro atoms. The Balaban J connectivity index is 2.35. The molecule has 1 aliphatic carbocycles. The maximum absolute atomic E-state index is 12.7. The van der Waals surface area contributed by atoms with Crippen LogP contribution in [0, 0.1) is 0 Å². The van der Waals surface area contributed by atoms with E-state index in [-0.39, 0.29) is 5.91 Å². The number of methoxy groups -OCH3 is 2. The van der Waals surface area contributed by atoms with Gasteiger partial charge in [0.1, 0.15) is 17.1 Å². The number of benzene rings is 1. The van der Waals surface area contributed by atoms with Gasteiger partial charge in [0.15, 0.2) is 0 Å². The summed E-state index contributed by atoms with van der Waals surface area (Å²) in [4.78, 5) is 14.6. The van der Waals surface area contributed by atoms with Crippen molar-refractivity contribution in [1.29, 1.82) is 0 Å². The minimum atomic E-state index is -0.0174. The number of halogens is 1. The molecule has 0 heterocycles. The molecule has 0 aromatic heterocycles. The second-order valence-corrected chi connectivity index (χ2v) is 5.25. The molecule has 0 bridgehead atoms. The minimum Gasteiger partial charge on any atom is -0.496 e. The summed E-state index contributed by atoms with van der Waals surface area (Å²) < 4.78 is 10.6. The highest BCUT2D eigenvalue weighted by Gasteiger charge is 2.34. The standard InChI is InChI=1S/C14H18BrNO3/c1-18-11-4-3-5-12(19-2)13(11)14(17)16(9-8-15)10-6-7-10/h3-5,10H,6-9H2,1-2H3. The van der Waals surface area contributed by atoms with Gasteiger partial charge in [-0.05, 0) is 25.0 Å². The van der Waals surface area contributed by atoms with E-state index in [0.717, 1.165) is 18.2 Å². The third-order valence-electron chi connectivity index (χ3n) is 3.22. The summed E-state index contributed by atoms with van der Waals surface area (Å²) in [6, 6.07) is 5.75. The van der Waals surface area contributed by atoms with Gasteiger partial charge in [-0.2, -0.15) is 0 Å². The van der Waals surface area contributed by atoms with Crippen LogP contribution in [-0.2, 0) is 0 Å². The molecule has 0 unspecified atom stereocenters. The molecule has 1 aromatic carbocycles. The van der Waals surface area contributed by atoms with E-state index in [9.17, 15) is 4.79 Å². The maximum Gasteiger partial charge on any atom is 0.261 e. The van der Waals surface area contributed by atoms with Crippen molar-refractivity contribution in [3.8, 4) is 11.5 Å². The second-order valence-electron chi connectivity index (χ2n) is 4.46. The Bertz CT molecular complexity index is 438. The van der Waals surface area contributed by atoms with Crippen molar-refractivity contribution >= 4 is 21.8 Å². The lowest BCUT2D eigenvalue weighted by Crippen LogP contribution is -2.35. The first-order valence-corrected chi connectivity index (χ1v) is 7.43. The van der Waals surface area contributed by atoms with Gasteiger partial charge in [-0.3, -0.25) is 4.79 Å². The molecule has 0 aliphatic heterocycles.